The minimum atomic E-state index is -0.243. The molecule has 0 bridgehead atoms. The minimum absolute atomic E-state index is 0.0218. The Kier molecular flexibility index (Phi) is 6.63. The van der Waals surface area contributed by atoms with Gasteiger partial charge >= 0.3 is 0 Å². The van der Waals surface area contributed by atoms with Crippen LogP contribution in [0.4, 0.5) is 0 Å². The van der Waals surface area contributed by atoms with E-state index < -0.39 is 0 Å². The molecule has 0 radical (unpaired) electrons. The maximum Gasteiger partial charge on any atom is 0.282 e. The van der Waals surface area contributed by atoms with E-state index in [-0.39, 0.29) is 18.1 Å². The van der Waals surface area contributed by atoms with Crippen molar-refractivity contribution in [1.82, 2.24) is 14.6 Å². The van der Waals surface area contributed by atoms with Gasteiger partial charge in [0.25, 0.3) is 11.5 Å². The van der Waals surface area contributed by atoms with Crippen LogP contribution < -0.4 is 10.3 Å². The summed E-state index contributed by atoms with van der Waals surface area (Å²) in [6.45, 7) is 2.27. The van der Waals surface area contributed by atoms with Gasteiger partial charge < -0.3 is 14.4 Å². The number of morpholine rings is 1. The Balaban J connectivity index is 1.36. The molecular formula is C27H24N4O4. The molecule has 176 valence electrons. The van der Waals surface area contributed by atoms with Crippen LogP contribution in [0.15, 0.2) is 88.8 Å². The zero-order valence-electron chi connectivity index (χ0n) is 19.0. The van der Waals surface area contributed by atoms with Crippen LogP contribution in [0.5, 0.6) is 5.75 Å². The number of ether oxygens (including phenoxy) is 2. The SMILES string of the molecule is O=C(COc1ccc(C=Nn2c(-c3ccccc3)nc3ccccc3c2=O)cc1)N1CCOCC1. The molecule has 4 aromatic rings. The van der Waals surface area contributed by atoms with Crippen molar-refractivity contribution in [2.45, 2.75) is 0 Å². The van der Waals surface area contributed by atoms with E-state index in [9.17, 15) is 9.59 Å². The van der Waals surface area contributed by atoms with Gasteiger partial charge in [-0.25, -0.2) is 4.98 Å². The highest BCUT2D eigenvalue weighted by atomic mass is 16.5. The third kappa shape index (κ3) is 5.12. The molecule has 35 heavy (non-hydrogen) atoms. The number of para-hydroxylation sites is 1. The number of rotatable bonds is 6. The first-order chi connectivity index (χ1) is 17.2. The molecule has 0 aliphatic carbocycles. The molecule has 0 atom stereocenters. The van der Waals surface area contributed by atoms with Crippen LogP contribution in [-0.4, -0.2) is 59.6 Å². The Labute approximate surface area is 202 Å². The third-order valence-electron chi connectivity index (χ3n) is 5.71. The molecule has 1 saturated heterocycles. The molecule has 1 aliphatic rings. The second-order valence-corrected chi connectivity index (χ2v) is 8.03. The van der Waals surface area contributed by atoms with E-state index in [1.54, 1.807) is 29.3 Å². The van der Waals surface area contributed by atoms with Gasteiger partial charge in [0, 0.05) is 18.7 Å². The first kappa shape index (κ1) is 22.5. The first-order valence-electron chi connectivity index (χ1n) is 11.4. The van der Waals surface area contributed by atoms with Gasteiger partial charge in [0.1, 0.15) is 5.75 Å². The van der Waals surface area contributed by atoms with Crippen molar-refractivity contribution in [3.05, 3.63) is 94.8 Å². The van der Waals surface area contributed by atoms with Crippen LogP contribution in [-0.2, 0) is 9.53 Å². The van der Waals surface area contributed by atoms with Gasteiger partial charge in [-0.3, -0.25) is 9.59 Å². The Morgan fingerprint density at radius 1 is 0.971 bits per heavy atom. The van der Waals surface area contributed by atoms with Crippen LogP contribution in [0, 0.1) is 0 Å². The van der Waals surface area contributed by atoms with Crippen LogP contribution in [0.2, 0.25) is 0 Å². The van der Waals surface area contributed by atoms with Crippen LogP contribution in [0.25, 0.3) is 22.3 Å². The number of hydrogen-bond acceptors (Lipinski definition) is 6. The van der Waals surface area contributed by atoms with E-state index in [1.807, 2.05) is 60.7 Å². The van der Waals surface area contributed by atoms with Crippen molar-refractivity contribution in [1.29, 1.82) is 0 Å². The summed E-state index contributed by atoms with van der Waals surface area (Å²) in [6.07, 6.45) is 1.60. The summed E-state index contributed by atoms with van der Waals surface area (Å²) in [7, 11) is 0. The van der Waals surface area contributed by atoms with Crippen LogP contribution in [0.1, 0.15) is 5.56 Å². The van der Waals surface area contributed by atoms with Crippen LogP contribution >= 0.6 is 0 Å². The highest BCUT2D eigenvalue weighted by Crippen LogP contribution is 2.19. The van der Waals surface area contributed by atoms with Gasteiger partial charge in [-0.05, 0) is 42.0 Å². The molecule has 1 aromatic heterocycles. The zero-order chi connectivity index (χ0) is 24.0. The fraction of sp³-hybridized carbons (Fsp3) is 0.185. The zero-order valence-corrected chi connectivity index (χ0v) is 19.0. The summed E-state index contributed by atoms with van der Waals surface area (Å²) in [5.41, 5.74) is 1.94. The molecule has 3 aromatic carbocycles. The van der Waals surface area contributed by atoms with Gasteiger partial charge in [-0.1, -0.05) is 42.5 Å². The van der Waals surface area contributed by atoms with Gasteiger partial charge in [-0.2, -0.15) is 9.78 Å². The Morgan fingerprint density at radius 3 is 2.46 bits per heavy atom. The molecule has 0 N–H and O–H groups in total. The Bertz CT molecular complexity index is 1410. The van der Waals surface area contributed by atoms with Crippen molar-refractivity contribution in [2.24, 2.45) is 5.10 Å². The topological polar surface area (TPSA) is 86.0 Å². The summed E-state index contributed by atoms with van der Waals surface area (Å²) in [6, 6.07) is 23.9. The smallest absolute Gasteiger partial charge is 0.282 e. The minimum Gasteiger partial charge on any atom is -0.484 e. The van der Waals surface area contributed by atoms with Gasteiger partial charge in [0.15, 0.2) is 12.4 Å². The fourth-order valence-corrected chi connectivity index (χ4v) is 3.83. The average Bonchev–Trinajstić information content (AvgIpc) is 2.92. The Morgan fingerprint density at radius 2 is 1.69 bits per heavy atom. The lowest BCUT2D eigenvalue weighted by molar-refractivity contribution is -0.137. The van der Waals surface area contributed by atoms with Crippen molar-refractivity contribution in [3.8, 4) is 17.1 Å². The van der Waals surface area contributed by atoms with Crippen molar-refractivity contribution in [2.75, 3.05) is 32.9 Å². The molecule has 8 heteroatoms. The summed E-state index contributed by atoms with van der Waals surface area (Å²) in [4.78, 5) is 31.9. The summed E-state index contributed by atoms with van der Waals surface area (Å²) >= 11 is 0. The predicted molar refractivity (Wildman–Crippen MR) is 134 cm³/mol. The fourth-order valence-electron chi connectivity index (χ4n) is 3.83. The third-order valence-corrected chi connectivity index (χ3v) is 5.71. The molecule has 0 spiro atoms. The monoisotopic (exact) mass is 468 g/mol. The second kappa shape index (κ2) is 10.3. The number of hydrogen-bond donors (Lipinski definition) is 0. The summed E-state index contributed by atoms with van der Waals surface area (Å²) in [5, 5.41) is 4.97. The predicted octanol–water partition coefficient (Wildman–Crippen LogP) is 3.18. The molecule has 5 rings (SSSR count). The molecule has 1 amide bonds. The largest absolute Gasteiger partial charge is 0.484 e. The summed E-state index contributed by atoms with van der Waals surface area (Å²) < 4.78 is 12.2. The van der Waals surface area contributed by atoms with E-state index >= 15 is 0 Å². The van der Waals surface area contributed by atoms with E-state index in [0.29, 0.717) is 48.8 Å². The molecule has 0 saturated carbocycles. The highest BCUT2D eigenvalue weighted by molar-refractivity contribution is 5.82. The summed E-state index contributed by atoms with van der Waals surface area (Å²) in [5.74, 6) is 0.987. The Hall–Kier alpha value is -4.30. The lowest BCUT2D eigenvalue weighted by Crippen LogP contribution is -2.42. The number of aromatic nitrogens is 2. The molecule has 2 heterocycles. The molecule has 0 unspecified atom stereocenters. The lowest BCUT2D eigenvalue weighted by Gasteiger charge is -2.26. The standard InChI is InChI=1S/C27H24N4O4/c32-25(30-14-16-34-17-15-30)19-35-22-12-10-20(11-13-22)18-28-31-26(21-6-2-1-3-7-21)29-24-9-5-4-8-23(24)27(31)33/h1-13,18H,14-17,19H2. The normalized spacial score (nSPS) is 13.9. The maximum atomic E-state index is 13.2. The molecule has 1 aliphatic heterocycles. The number of carbonyl (C=O) groups excluding carboxylic acids is 1. The van der Waals surface area contributed by atoms with Crippen molar-refractivity contribution < 1.29 is 14.3 Å². The van der Waals surface area contributed by atoms with E-state index in [1.165, 1.54) is 4.68 Å². The lowest BCUT2D eigenvalue weighted by atomic mass is 10.2. The van der Waals surface area contributed by atoms with E-state index in [4.69, 9.17) is 14.5 Å². The number of benzene rings is 3. The number of carbonyl (C=O) groups is 1. The first-order valence-corrected chi connectivity index (χ1v) is 11.4. The number of nitrogens with zero attached hydrogens (tertiary/aromatic N) is 4. The number of fused-ring (bicyclic) bond motifs is 1. The molecular weight excluding hydrogens is 444 g/mol. The van der Waals surface area contributed by atoms with Crippen molar-refractivity contribution >= 4 is 23.0 Å². The molecule has 8 nitrogen and oxygen atoms in total. The van der Waals surface area contributed by atoms with Crippen LogP contribution in [0.3, 0.4) is 0 Å². The van der Waals surface area contributed by atoms with Gasteiger partial charge in [-0.15, -0.1) is 0 Å². The highest BCUT2D eigenvalue weighted by Gasteiger charge is 2.17. The van der Waals surface area contributed by atoms with Gasteiger partial charge in [0.05, 0.1) is 30.3 Å². The van der Waals surface area contributed by atoms with E-state index in [2.05, 4.69) is 5.10 Å². The van der Waals surface area contributed by atoms with E-state index in [0.717, 1.165) is 11.1 Å². The number of amides is 1. The second-order valence-electron chi connectivity index (χ2n) is 8.03. The quantitative estimate of drug-likeness (QED) is 0.406. The van der Waals surface area contributed by atoms with Crippen molar-refractivity contribution in [3.63, 3.8) is 0 Å². The maximum absolute atomic E-state index is 13.2. The van der Waals surface area contributed by atoms with Gasteiger partial charge in [0.2, 0.25) is 0 Å². The molecule has 1 fully saturated rings. The average molecular weight is 469 g/mol.